The summed E-state index contributed by atoms with van der Waals surface area (Å²) in [6, 6.07) is 0. The van der Waals surface area contributed by atoms with Crippen molar-refractivity contribution < 1.29 is 4.74 Å². The van der Waals surface area contributed by atoms with Crippen LogP contribution in [0.5, 0.6) is 0 Å². The van der Waals surface area contributed by atoms with Crippen molar-refractivity contribution in [2.24, 2.45) is 10.4 Å². The van der Waals surface area contributed by atoms with Crippen LogP contribution in [0.1, 0.15) is 54.6 Å². The first-order chi connectivity index (χ1) is 11.6. The SMILES string of the molecule is CCNC(=NCc1sc(C)nc1C)NCC1(CCOC)CCCC1. The summed E-state index contributed by atoms with van der Waals surface area (Å²) in [6.07, 6.45) is 6.37. The Morgan fingerprint density at radius 3 is 2.62 bits per heavy atom. The molecule has 1 heterocycles. The third kappa shape index (κ3) is 5.45. The van der Waals surface area contributed by atoms with Crippen LogP contribution in [0.15, 0.2) is 4.99 Å². The second-order valence-corrected chi connectivity index (χ2v) is 8.03. The smallest absolute Gasteiger partial charge is 0.191 e. The maximum Gasteiger partial charge on any atom is 0.191 e. The number of aliphatic imine (C=N–C) groups is 1. The number of ether oxygens (including phenoxy) is 1. The van der Waals surface area contributed by atoms with Crippen LogP contribution in [-0.4, -0.2) is 37.7 Å². The third-order valence-corrected chi connectivity index (χ3v) is 5.91. The van der Waals surface area contributed by atoms with Gasteiger partial charge in [0.2, 0.25) is 0 Å². The second-order valence-electron chi connectivity index (χ2n) is 6.74. The van der Waals surface area contributed by atoms with Crippen molar-refractivity contribution in [2.45, 2.75) is 59.4 Å². The minimum Gasteiger partial charge on any atom is -0.385 e. The van der Waals surface area contributed by atoms with E-state index in [1.807, 2.05) is 6.92 Å². The van der Waals surface area contributed by atoms with Gasteiger partial charge in [0.15, 0.2) is 5.96 Å². The molecule has 0 aliphatic heterocycles. The lowest BCUT2D eigenvalue weighted by atomic mass is 9.83. The van der Waals surface area contributed by atoms with Gasteiger partial charge < -0.3 is 15.4 Å². The monoisotopic (exact) mass is 352 g/mol. The minimum absolute atomic E-state index is 0.364. The van der Waals surface area contributed by atoms with Gasteiger partial charge in [-0.15, -0.1) is 11.3 Å². The van der Waals surface area contributed by atoms with E-state index in [-0.39, 0.29) is 0 Å². The number of hydrogen-bond donors (Lipinski definition) is 2. The van der Waals surface area contributed by atoms with E-state index in [1.54, 1.807) is 18.4 Å². The molecule has 1 fully saturated rings. The summed E-state index contributed by atoms with van der Waals surface area (Å²) in [4.78, 5) is 10.5. The molecule has 1 aliphatic carbocycles. The van der Waals surface area contributed by atoms with Crippen molar-refractivity contribution in [3.63, 3.8) is 0 Å². The molecule has 136 valence electrons. The summed E-state index contributed by atoms with van der Waals surface area (Å²) in [5.74, 6) is 0.909. The summed E-state index contributed by atoms with van der Waals surface area (Å²) in [6.45, 7) is 9.60. The van der Waals surface area contributed by atoms with E-state index < -0.39 is 0 Å². The summed E-state index contributed by atoms with van der Waals surface area (Å²) in [5.41, 5.74) is 1.47. The molecule has 24 heavy (non-hydrogen) atoms. The fourth-order valence-corrected chi connectivity index (χ4v) is 4.30. The molecule has 0 saturated heterocycles. The van der Waals surface area contributed by atoms with Crippen LogP contribution >= 0.6 is 11.3 Å². The fourth-order valence-electron chi connectivity index (χ4n) is 3.44. The van der Waals surface area contributed by atoms with Crippen molar-refractivity contribution in [3.8, 4) is 0 Å². The number of nitrogens with zero attached hydrogens (tertiary/aromatic N) is 2. The first-order valence-corrected chi connectivity index (χ1v) is 9.84. The second kappa shape index (κ2) is 9.37. The number of thiazole rings is 1. The molecule has 0 unspecified atom stereocenters. The highest BCUT2D eigenvalue weighted by Gasteiger charge is 2.33. The molecular weight excluding hydrogens is 320 g/mol. The average Bonchev–Trinajstić information content (AvgIpc) is 3.15. The van der Waals surface area contributed by atoms with Crippen LogP contribution in [0.4, 0.5) is 0 Å². The molecular formula is C18H32N4OS. The lowest BCUT2D eigenvalue weighted by molar-refractivity contribution is 0.138. The van der Waals surface area contributed by atoms with Crippen molar-refractivity contribution >= 4 is 17.3 Å². The molecule has 0 atom stereocenters. The molecule has 0 amide bonds. The molecule has 1 saturated carbocycles. The predicted molar refractivity (Wildman–Crippen MR) is 102 cm³/mol. The van der Waals surface area contributed by atoms with E-state index in [1.165, 1.54) is 30.6 Å². The van der Waals surface area contributed by atoms with Crippen LogP contribution < -0.4 is 10.6 Å². The van der Waals surface area contributed by atoms with Crippen LogP contribution in [0, 0.1) is 19.3 Å². The minimum atomic E-state index is 0.364. The van der Waals surface area contributed by atoms with E-state index in [4.69, 9.17) is 9.73 Å². The quantitative estimate of drug-likeness (QED) is 0.556. The highest BCUT2D eigenvalue weighted by Crippen LogP contribution is 2.40. The van der Waals surface area contributed by atoms with E-state index >= 15 is 0 Å². The van der Waals surface area contributed by atoms with Crippen molar-refractivity contribution in [3.05, 3.63) is 15.6 Å². The number of nitrogens with one attached hydrogen (secondary N) is 2. The van der Waals surface area contributed by atoms with Gasteiger partial charge in [0.1, 0.15) is 0 Å². The Morgan fingerprint density at radius 2 is 2.04 bits per heavy atom. The lowest BCUT2D eigenvalue weighted by Crippen LogP contribution is -2.43. The van der Waals surface area contributed by atoms with Crippen molar-refractivity contribution in [2.75, 3.05) is 26.8 Å². The highest BCUT2D eigenvalue weighted by atomic mass is 32.1. The van der Waals surface area contributed by atoms with E-state index in [0.717, 1.165) is 42.8 Å². The van der Waals surface area contributed by atoms with E-state index in [9.17, 15) is 0 Å². The Labute approximate surface area is 150 Å². The van der Waals surface area contributed by atoms with Gasteiger partial charge in [0.05, 0.1) is 17.2 Å². The Balaban J connectivity index is 1.96. The lowest BCUT2D eigenvalue weighted by Gasteiger charge is -2.30. The zero-order chi connectivity index (χ0) is 17.4. The maximum absolute atomic E-state index is 5.32. The van der Waals surface area contributed by atoms with Gasteiger partial charge in [-0.05, 0) is 45.4 Å². The largest absolute Gasteiger partial charge is 0.385 e. The van der Waals surface area contributed by atoms with Crippen LogP contribution in [0.25, 0.3) is 0 Å². The molecule has 6 heteroatoms. The molecule has 0 bridgehead atoms. The Kier molecular flexibility index (Phi) is 7.49. The maximum atomic E-state index is 5.32. The van der Waals surface area contributed by atoms with Gasteiger partial charge >= 0.3 is 0 Å². The molecule has 0 spiro atoms. The number of guanidine groups is 1. The fraction of sp³-hybridized carbons (Fsp3) is 0.778. The van der Waals surface area contributed by atoms with Gasteiger partial charge in [-0.3, -0.25) is 0 Å². The molecule has 0 radical (unpaired) electrons. The molecule has 0 aromatic carbocycles. The zero-order valence-electron chi connectivity index (χ0n) is 15.6. The summed E-state index contributed by atoms with van der Waals surface area (Å²) in [7, 11) is 1.79. The topological polar surface area (TPSA) is 58.5 Å². The number of hydrogen-bond acceptors (Lipinski definition) is 4. The van der Waals surface area contributed by atoms with Crippen LogP contribution in [-0.2, 0) is 11.3 Å². The van der Waals surface area contributed by atoms with Gasteiger partial charge in [0.25, 0.3) is 0 Å². The Bertz CT molecular complexity index is 535. The first-order valence-electron chi connectivity index (χ1n) is 9.02. The summed E-state index contributed by atoms with van der Waals surface area (Å²) >= 11 is 1.74. The van der Waals surface area contributed by atoms with Crippen LogP contribution in [0.2, 0.25) is 0 Å². The molecule has 1 aliphatic rings. The first kappa shape index (κ1) is 19.2. The van der Waals surface area contributed by atoms with E-state index in [0.29, 0.717) is 12.0 Å². The Hall–Kier alpha value is -1.14. The summed E-state index contributed by atoms with van der Waals surface area (Å²) < 4.78 is 5.32. The van der Waals surface area contributed by atoms with Crippen LogP contribution in [0.3, 0.4) is 0 Å². The number of rotatable bonds is 8. The normalized spacial score (nSPS) is 17.2. The van der Waals surface area contributed by atoms with Gasteiger partial charge in [-0.2, -0.15) is 0 Å². The summed E-state index contributed by atoms with van der Waals surface area (Å²) in [5, 5.41) is 8.06. The molecule has 1 aromatic heterocycles. The molecule has 5 nitrogen and oxygen atoms in total. The number of aryl methyl sites for hydroxylation is 2. The Morgan fingerprint density at radius 1 is 1.29 bits per heavy atom. The zero-order valence-corrected chi connectivity index (χ0v) is 16.4. The molecule has 2 N–H and O–H groups in total. The molecule has 2 rings (SSSR count). The number of aromatic nitrogens is 1. The van der Waals surface area contributed by atoms with Gasteiger partial charge in [0, 0.05) is 31.7 Å². The number of methoxy groups -OCH3 is 1. The highest BCUT2D eigenvalue weighted by molar-refractivity contribution is 7.11. The third-order valence-electron chi connectivity index (χ3n) is 4.86. The standard InChI is InChI=1S/C18H32N4OS/c1-5-19-17(20-12-16-14(2)22-15(3)24-16)21-13-18(10-11-23-4)8-6-7-9-18/h5-13H2,1-4H3,(H2,19,20,21). The van der Waals surface area contributed by atoms with Crippen molar-refractivity contribution in [1.82, 2.24) is 15.6 Å². The van der Waals surface area contributed by atoms with Gasteiger partial charge in [-0.1, -0.05) is 12.8 Å². The average molecular weight is 353 g/mol. The molecule has 1 aromatic rings. The van der Waals surface area contributed by atoms with Gasteiger partial charge in [-0.25, -0.2) is 9.98 Å². The van der Waals surface area contributed by atoms with Crippen molar-refractivity contribution in [1.29, 1.82) is 0 Å². The predicted octanol–water partition coefficient (Wildman–Crippen LogP) is 3.41. The van der Waals surface area contributed by atoms with E-state index in [2.05, 4.69) is 29.5 Å².